The minimum Gasteiger partial charge on any atom is -0.332 e. The molecule has 2 saturated heterocycles. The van der Waals surface area contributed by atoms with Crippen LogP contribution in [0.1, 0.15) is 46.0 Å². The van der Waals surface area contributed by atoms with E-state index in [2.05, 4.69) is 19.2 Å². The molecule has 20 heavy (non-hydrogen) atoms. The van der Waals surface area contributed by atoms with Gasteiger partial charge in [-0.3, -0.25) is 9.59 Å². The minimum atomic E-state index is -0.160. The van der Waals surface area contributed by atoms with Gasteiger partial charge in [-0.1, -0.05) is 13.8 Å². The number of amides is 2. The zero-order chi connectivity index (χ0) is 14.5. The summed E-state index contributed by atoms with van der Waals surface area (Å²) in [6.45, 7) is 7.05. The van der Waals surface area contributed by atoms with E-state index in [9.17, 15) is 9.59 Å². The Hall–Kier alpha value is -1.10. The van der Waals surface area contributed by atoms with Crippen molar-refractivity contribution in [2.75, 3.05) is 26.2 Å². The van der Waals surface area contributed by atoms with Crippen LogP contribution in [0.5, 0.6) is 0 Å². The zero-order valence-electron chi connectivity index (χ0n) is 12.7. The van der Waals surface area contributed by atoms with Gasteiger partial charge in [0, 0.05) is 19.1 Å². The van der Waals surface area contributed by atoms with Crippen LogP contribution in [0.25, 0.3) is 0 Å². The van der Waals surface area contributed by atoms with Crippen molar-refractivity contribution in [1.82, 2.24) is 15.1 Å². The highest BCUT2D eigenvalue weighted by Gasteiger charge is 2.41. The molecule has 0 bridgehead atoms. The summed E-state index contributed by atoms with van der Waals surface area (Å²) < 4.78 is 0. The number of fused-ring (bicyclic) bond motifs is 1. The molecule has 2 aliphatic heterocycles. The Morgan fingerprint density at radius 1 is 1.35 bits per heavy atom. The molecule has 2 amide bonds. The molecule has 0 aromatic carbocycles. The van der Waals surface area contributed by atoms with Gasteiger partial charge < -0.3 is 15.1 Å². The fraction of sp³-hybridized carbons (Fsp3) is 0.867. The summed E-state index contributed by atoms with van der Waals surface area (Å²) >= 11 is 0. The lowest BCUT2D eigenvalue weighted by Gasteiger charge is -2.36. The molecule has 114 valence electrons. The van der Waals surface area contributed by atoms with Crippen LogP contribution in [0.2, 0.25) is 0 Å². The van der Waals surface area contributed by atoms with Crippen molar-refractivity contribution >= 4 is 11.8 Å². The van der Waals surface area contributed by atoms with Crippen LogP contribution in [0.3, 0.4) is 0 Å². The average molecular weight is 281 g/mol. The van der Waals surface area contributed by atoms with Crippen molar-refractivity contribution in [3.63, 3.8) is 0 Å². The van der Waals surface area contributed by atoms with Gasteiger partial charge in [0.1, 0.15) is 6.04 Å². The van der Waals surface area contributed by atoms with E-state index in [0.717, 1.165) is 51.7 Å². The van der Waals surface area contributed by atoms with Crippen LogP contribution in [0, 0.1) is 0 Å². The van der Waals surface area contributed by atoms with Crippen LogP contribution in [0.4, 0.5) is 0 Å². The lowest BCUT2D eigenvalue weighted by atomic mass is 10.1. The summed E-state index contributed by atoms with van der Waals surface area (Å²) in [5.41, 5.74) is 0. The molecule has 2 aliphatic rings. The molecule has 0 saturated carbocycles. The monoisotopic (exact) mass is 281 g/mol. The number of nitrogens with zero attached hydrogens (tertiary/aromatic N) is 2. The van der Waals surface area contributed by atoms with Gasteiger partial charge in [-0.05, 0) is 38.6 Å². The topological polar surface area (TPSA) is 52.7 Å². The van der Waals surface area contributed by atoms with Crippen molar-refractivity contribution in [3.05, 3.63) is 0 Å². The molecule has 5 nitrogen and oxygen atoms in total. The van der Waals surface area contributed by atoms with Crippen molar-refractivity contribution < 1.29 is 9.59 Å². The number of hydrogen-bond donors (Lipinski definition) is 1. The summed E-state index contributed by atoms with van der Waals surface area (Å²) in [6.07, 6.45) is 4.95. The van der Waals surface area contributed by atoms with Crippen LogP contribution in [-0.4, -0.2) is 59.9 Å². The van der Waals surface area contributed by atoms with E-state index in [-0.39, 0.29) is 24.4 Å². The number of rotatable bonds is 7. The van der Waals surface area contributed by atoms with E-state index in [4.69, 9.17) is 0 Å². The smallest absolute Gasteiger partial charge is 0.245 e. The van der Waals surface area contributed by atoms with Gasteiger partial charge in [0.05, 0.1) is 6.54 Å². The van der Waals surface area contributed by atoms with Crippen molar-refractivity contribution in [3.8, 4) is 0 Å². The molecule has 2 heterocycles. The van der Waals surface area contributed by atoms with Crippen molar-refractivity contribution in [1.29, 1.82) is 0 Å². The van der Waals surface area contributed by atoms with E-state index in [1.165, 1.54) is 0 Å². The van der Waals surface area contributed by atoms with E-state index in [0.29, 0.717) is 6.04 Å². The van der Waals surface area contributed by atoms with Gasteiger partial charge >= 0.3 is 0 Å². The summed E-state index contributed by atoms with van der Waals surface area (Å²) in [5.74, 6) is 0.296. The predicted octanol–water partition coefficient (Wildman–Crippen LogP) is 0.988. The Morgan fingerprint density at radius 3 is 2.85 bits per heavy atom. The number of carbonyl (C=O) groups excluding carboxylic acids is 2. The first-order valence-electron chi connectivity index (χ1n) is 7.99. The Labute approximate surface area is 121 Å². The van der Waals surface area contributed by atoms with E-state index < -0.39 is 0 Å². The minimum absolute atomic E-state index is 0.130. The number of carbonyl (C=O) groups is 2. The Morgan fingerprint density at radius 2 is 2.15 bits per heavy atom. The van der Waals surface area contributed by atoms with Gasteiger partial charge in [-0.2, -0.15) is 0 Å². The Kier molecular flexibility index (Phi) is 5.40. The molecule has 2 unspecified atom stereocenters. The summed E-state index contributed by atoms with van der Waals surface area (Å²) in [4.78, 5) is 27.9. The summed E-state index contributed by atoms with van der Waals surface area (Å²) in [6, 6.07) is 0.366. The second-order valence-corrected chi connectivity index (χ2v) is 5.81. The molecule has 2 atom stereocenters. The average Bonchev–Trinajstić information content (AvgIpc) is 2.93. The molecule has 0 radical (unpaired) electrons. The second-order valence-electron chi connectivity index (χ2n) is 5.81. The first-order valence-corrected chi connectivity index (χ1v) is 7.99. The Balaban J connectivity index is 1.81. The van der Waals surface area contributed by atoms with Crippen LogP contribution < -0.4 is 5.32 Å². The van der Waals surface area contributed by atoms with E-state index in [1.807, 2.05) is 0 Å². The second kappa shape index (κ2) is 7.07. The van der Waals surface area contributed by atoms with Crippen molar-refractivity contribution in [2.45, 2.75) is 58.0 Å². The van der Waals surface area contributed by atoms with Gasteiger partial charge in [0.25, 0.3) is 0 Å². The molecule has 0 aliphatic carbocycles. The van der Waals surface area contributed by atoms with Crippen LogP contribution in [-0.2, 0) is 9.59 Å². The first kappa shape index (κ1) is 15.3. The quantitative estimate of drug-likeness (QED) is 0.757. The highest BCUT2D eigenvalue weighted by Crippen LogP contribution is 2.23. The maximum atomic E-state index is 12.3. The lowest BCUT2D eigenvalue weighted by molar-refractivity contribution is -0.153. The molecule has 0 spiro atoms. The van der Waals surface area contributed by atoms with Crippen LogP contribution >= 0.6 is 0 Å². The summed E-state index contributed by atoms with van der Waals surface area (Å²) in [7, 11) is 0. The third-order valence-electron chi connectivity index (χ3n) is 4.46. The molecular weight excluding hydrogens is 254 g/mol. The van der Waals surface area contributed by atoms with Gasteiger partial charge in [-0.15, -0.1) is 0 Å². The van der Waals surface area contributed by atoms with Gasteiger partial charge in [0.2, 0.25) is 11.8 Å². The van der Waals surface area contributed by atoms with Crippen molar-refractivity contribution in [2.24, 2.45) is 0 Å². The molecule has 2 rings (SSSR count). The highest BCUT2D eigenvalue weighted by atomic mass is 16.2. The fourth-order valence-corrected chi connectivity index (χ4v) is 3.32. The fourth-order valence-electron chi connectivity index (χ4n) is 3.32. The van der Waals surface area contributed by atoms with Gasteiger partial charge in [0.15, 0.2) is 0 Å². The first-order chi connectivity index (χ1) is 9.67. The van der Waals surface area contributed by atoms with Crippen LogP contribution in [0.15, 0.2) is 0 Å². The number of nitrogens with one attached hydrogen (secondary N) is 1. The highest BCUT2D eigenvalue weighted by molar-refractivity contribution is 5.95. The van der Waals surface area contributed by atoms with Gasteiger partial charge in [-0.25, -0.2) is 0 Å². The number of piperazine rings is 1. The maximum Gasteiger partial charge on any atom is 0.245 e. The standard InChI is InChI=1S/C15H27N3O2/c1-3-12(16-4-2)7-5-9-17-11-14(19)18-10-6-8-13(18)15(17)20/h12-13,16H,3-11H2,1-2H3. The molecule has 0 aromatic rings. The predicted molar refractivity (Wildman–Crippen MR) is 78.3 cm³/mol. The lowest BCUT2D eigenvalue weighted by Crippen LogP contribution is -2.57. The molecule has 5 heteroatoms. The van der Waals surface area contributed by atoms with E-state index in [1.54, 1.807) is 9.80 Å². The normalized spacial score (nSPS) is 24.2. The maximum absolute atomic E-state index is 12.3. The Bertz CT molecular complexity index is 359. The largest absolute Gasteiger partial charge is 0.332 e. The molecular formula is C15H27N3O2. The number of hydrogen-bond acceptors (Lipinski definition) is 3. The molecule has 1 N–H and O–H groups in total. The van der Waals surface area contributed by atoms with E-state index >= 15 is 0 Å². The third kappa shape index (κ3) is 3.32. The molecule has 2 fully saturated rings. The summed E-state index contributed by atoms with van der Waals surface area (Å²) in [5, 5.41) is 3.45. The zero-order valence-corrected chi connectivity index (χ0v) is 12.7. The SMILES string of the molecule is CCNC(CC)CCCN1CC(=O)N2CCCC2C1=O. The molecule has 0 aromatic heterocycles. The third-order valence-corrected chi connectivity index (χ3v) is 4.46.